The number of hydrogen-bond acceptors (Lipinski definition) is 1. The monoisotopic (exact) mass is 237 g/mol. The summed E-state index contributed by atoms with van der Waals surface area (Å²) in [5, 5.41) is 3.55. The van der Waals surface area contributed by atoms with Crippen molar-refractivity contribution in [2.24, 2.45) is 5.92 Å². The summed E-state index contributed by atoms with van der Waals surface area (Å²) in [6.45, 7) is 7.54. The molecular formula is C15H24FN. The van der Waals surface area contributed by atoms with E-state index in [0.29, 0.717) is 5.92 Å². The Kier molecular flexibility index (Phi) is 6.20. The summed E-state index contributed by atoms with van der Waals surface area (Å²) in [6.07, 6.45) is 3.34. The zero-order valence-corrected chi connectivity index (χ0v) is 11.2. The van der Waals surface area contributed by atoms with Gasteiger partial charge in [0.1, 0.15) is 5.82 Å². The molecule has 96 valence electrons. The lowest BCUT2D eigenvalue weighted by atomic mass is 9.88. The largest absolute Gasteiger partial charge is 0.310 e. The molecule has 2 heteroatoms. The Labute approximate surface area is 104 Å². The standard InChI is InChI=1S/C15H24FN/c1-4-10-17-15(12(5-2)6-3)13-8-7-9-14(16)11-13/h7-9,11-12,15,17H,4-6,10H2,1-3H3. The van der Waals surface area contributed by atoms with Gasteiger partial charge in [0.25, 0.3) is 0 Å². The maximum atomic E-state index is 13.3. The summed E-state index contributed by atoms with van der Waals surface area (Å²) in [4.78, 5) is 0. The second-order valence-electron chi connectivity index (χ2n) is 4.56. The molecule has 0 fully saturated rings. The van der Waals surface area contributed by atoms with Crippen LogP contribution in [0.25, 0.3) is 0 Å². The zero-order valence-electron chi connectivity index (χ0n) is 11.2. The van der Waals surface area contributed by atoms with Gasteiger partial charge in [0.15, 0.2) is 0 Å². The molecule has 0 saturated carbocycles. The van der Waals surface area contributed by atoms with Gasteiger partial charge in [0, 0.05) is 6.04 Å². The maximum absolute atomic E-state index is 13.3. The van der Waals surface area contributed by atoms with Gasteiger partial charge in [-0.15, -0.1) is 0 Å². The predicted molar refractivity (Wildman–Crippen MR) is 71.5 cm³/mol. The van der Waals surface area contributed by atoms with E-state index in [2.05, 4.69) is 26.1 Å². The van der Waals surface area contributed by atoms with E-state index in [1.54, 1.807) is 12.1 Å². The minimum absolute atomic E-state index is 0.142. The Balaban J connectivity index is 2.88. The van der Waals surface area contributed by atoms with Crippen molar-refractivity contribution in [1.29, 1.82) is 0 Å². The molecule has 1 nitrogen and oxygen atoms in total. The van der Waals surface area contributed by atoms with Gasteiger partial charge in [-0.3, -0.25) is 0 Å². The smallest absolute Gasteiger partial charge is 0.123 e. The molecule has 0 aliphatic rings. The zero-order chi connectivity index (χ0) is 12.7. The van der Waals surface area contributed by atoms with Crippen molar-refractivity contribution in [1.82, 2.24) is 5.32 Å². The van der Waals surface area contributed by atoms with Crippen LogP contribution in [0.3, 0.4) is 0 Å². The predicted octanol–water partition coefficient (Wildman–Crippen LogP) is 4.30. The molecule has 0 spiro atoms. The Morgan fingerprint density at radius 3 is 2.41 bits per heavy atom. The number of nitrogens with one attached hydrogen (secondary N) is 1. The molecule has 0 saturated heterocycles. The second-order valence-corrected chi connectivity index (χ2v) is 4.56. The van der Waals surface area contributed by atoms with E-state index in [1.807, 2.05) is 6.07 Å². The average Bonchev–Trinajstić information content (AvgIpc) is 2.34. The topological polar surface area (TPSA) is 12.0 Å². The van der Waals surface area contributed by atoms with Crippen LogP contribution in [0.5, 0.6) is 0 Å². The molecule has 1 aromatic carbocycles. The summed E-state index contributed by atoms with van der Waals surface area (Å²) in [6, 6.07) is 7.27. The van der Waals surface area contributed by atoms with Crippen LogP contribution in [0.4, 0.5) is 4.39 Å². The molecule has 1 atom stereocenters. The molecule has 0 radical (unpaired) electrons. The van der Waals surface area contributed by atoms with Crippen LogP contribution in [-0.4, -0.2) is 6.54 Å². The third-order valence-corrected chi connectivity index (χ3v) is 3.34. The first-order valence-electron chi connectivity index (χ1n) is 6.71. The normalized spacial score (nSPS) is 13.0. The molecule has 17 heavy (non-hydrogen) atoms. The lowest BCUT2D eigenvalue weighted by molar-refractivity contribution is 0.340. The molecule has 1 rings (SSSR count). The van der Waals surface area contributed by atoms with E-state index >= 15 is 0 Å². The molecule has 0 aromatic heterocycles. The highest BCUT2D eigenvalue weighted by atomic mass is 19.1. The van der Waals surface area contributed by atoms with E-state index in [9.17, 15) is 4.39 Å². The highest BCUT2D eigenvalue weighted by Gasteiger charge is 2.19. The highest BCUT2D eigenvalue weighted by molar-refractivity contribution is 5.21. The molecule has 1 aromatic rings. The van der Waals surface area contributed by atoms with Gasteiger partial charge in [-0.1, -0.05) is 45.7 Å². The van der Waals surface area contributed by atoms with Crippen LogP contribution in [0.2, 0.25) is 0 Å². The van der Waals surface area contributed by atoms with Crippen molar-refractivity contribution in [3.63, 3.8) is 0 Å². The molecule has 0 heterocycles. The Morgan fingerprint density at radius 2 is 1.88 bits per heavy atom. The van der Waals surface area contributed by atoms with E-state index < -0.39 is 0 Å². The fraction of sp³-hybridized carbons (Fsp3) is 0.600. The summed E-state index contributed by atoms with van der Waals surface area (Å²) >= 11 is 0. The Morgan fingerprint density at radius 1 is 1.18 bits per heavy atom. The number of benzene rings is 1. The lowest BCUT2D eigenvalue weighted by Gasteiger charge is -2.27. The maximum Gasteiger partial charge on any atom is 0.123 e. The van der Waals surface area contributed by atoms with Crippen LogP contribution in [-0.2, 0) is 0 Å². The highest BCUT2D eigenvalue weighted by Crippen LogP contribution is 2.27. The van der Waals surface area contributed by atoms with Crippen molar-refractivity contribution >= 4 is 0 Å². The fourth-order valence-electron chi connectivity index (χ4n) is 2.32. The van der Waals surface area contributed by atoms with E-state index in [1.165, 1.54) is 6.07 Å². The molecule has 1 N–H and O–H groups in total. The molecule has 1 unspecified atom stereocenters. The van der Waals surface area contributed by atoms with Gasteiger partial charge in [-0.2, -0.15) is 0 Å². The number of hydrogen-bond donors (Lipinski definition) is 1. The summed E-state index contributed by atoms with van der Waals surface area (Å²) < 4.78 is 13.3. The SMILES string of the molecule is CCCNC(c1cccc(F)c1)C(CC)CC. The molecule has 0 amide bonds. The van der Waals surface area contributed by atoms with Crippen molar-refractivity contribution in [3.8, 4) is 0 Å². The van der Waals surface area contributed by atoms with E-state index in [0.717, 1.165) is 31.4 Å². The first-order chi connectivity index (χ1) is 8.22. The van der Waals surface area contributed by atoms with E-state index in [4.69, 9.17) is 0 Å². The van der Waals surface area contributed by atoms with Crippen molar-refractivity contribution < 1.29 is 4.39 Å². The molecule has 0 aliphatic heterocycles. The van der Waals surface area contributed by atoms with Crippen molar-refractivity contribution in [2.45, 2.75) is 46.1 Å². The number of halogens is 1. The Hall–Kier alpha value is -0.890. The fourth-order valence-corrected chi connectivity index (χ4v) is 2.32. The molecule has 0 aliphatic carbocycles. The van der Waals surface area contributed by atoms with E-state index in [-0.39, 0.29) is 11.9 Å². The minimum Gasteiger partial charge on any atom is -0.310 e. The van der Waals surface area contributed by atoms with Crippen LogP contribution in [0, 0.1) is 11.7 Å². The van der Waals surface area contributed by atoms with Gasteiger partial charge in [-0.05, 0) is 36.6 Å². The lowest BCUT2D eigenvalue weighted by Crippen LogP contribution is -2.28. The summed E-state index contributed by atoms with van der Waals surface area (Å²) in [5.41, 5.74) is 1.08. The van der Waals surface area contributed by atoms with Crippen LogP contribution < -0.4 is 5.32 Å². The number of rotatable bonds is 7. The second kappa shape index (κ2) is 7.44. The van der Waals surface area contributed by atoms with Crippen molar-refractivity contribution in [3.05, 3.63) is 35.6 Å². The third kappa shape index (κ3) is 4.12. The first kappa shape index (κ1) is 14.2. The molecule has 0 bridgehead atoms. The van der Waals surface area contributed by atoms with Crippen LogP contribution in [0.15, 0.2) is 24.3 Å². The minimum atomic E-state index is -0.142. The van der Waals surface area contributed by atoms with Gasteiger partial charge >= 0.3 is 0 Å². The van der Waals surface area contributed by atoms with Gasteiger partial charge < -0.3 is 5.32 Å². The van der Waals surface area contributed by atoms with Gasteiger partial charge in [0.2, 0.25) is 0 Å². The summed E-state index contributed by atoms with van der Waals surface area (Å²) in [5.74, 6) is 0.431. The third-order valence-electron chi connectivity index (χ3n) is 3.34. The average molecular weight is 237 g/mol. The quantitative estimate of drug-likeness (QED) is 0.745. The molecular weight excluding hydrogens is 213 g/mol. The van der Waals surface area contributed by atoms with Gasteiger partial charge in [-0.25, -0.2) is 4.39 Å². The van der Waals surface area contributed by atoms with Crippen molar-refractivity contribution in [2.75, 3.05) is 6.54 Å². The van der Waals surface area contributed by atoms with Gasteiger partial charge in [0.05, 0.1) is 0 Å². The Bertz CT molecular complexity index is 320. The summed E-state index contributed by atoms with van der Waals surface area (Å²) in [7, 11) is 0. The first-order valence-corrected chi connectivity index (χ1v) is 6.71. The van der Waals surface area contributed by atoms with Crippen LogP contribution in [0.1, 0.15) is 51.6 Å². The van der Waals surface area contributed by atoms with Crippen LogP contribution >= 0.6 is 0 Å².